The van der Waals surface area contributed by atoms with Gasteiger partial charge in [-0.25, -0.2) is 0 Å². The van der Waals surface area contributed by atoms with Gasteiger partial charge < -0.3 is 10.2 Å². The molecule has 1 fully saturated rings. The minimum Gasteiger partial charge on any atom is -0.341 e. The summed E-state index contributed by atoms with van der Waals surface area (Å²) in [5.74, 6) is 1.24. The van der Waals surface area contributed by atoms with Gasteiger partial charge in [-0.3, -0.25) is 0 Å². The summed E-state index contributed by atoms with van der Waals surface area (Å²) in [6.07, 6.45) is 1.13. The van der Waals surface area contributed by atoms with Gasteiger partial charge in [-0.2, -0.15) is 0 Å². The van der Waals surface area contributed by atoms with Gasteiger partial charge in [0.15, 0.2) is 0 Å². The first-order valence-corrected chi connectivity index (χ1v) is 10.0. The number of hydrogen-bond donors (Lipinski definition) is 1. The summed E-state index contributed by atoms with van der Waals surface area (Å²) >= 11 is 6.12. The number of rotatable bonds is 6. The molecule has 0 aromatic heterocycles. The fraction of sp³-hybridized carbons (Fsp3) is 0.250. The molecule has 1 aliphatic rings. The summed E-state index contributed by atoms with van der Waals surface area (Å²) < 4.78 is 0. The van der Waals surface area contributed by atoms with Crippen molar-refractivity contribution in [3.8, 4) is 0 Å². The molecule has 2 atom stereocenters. The fourth-order valence-corrected chi connectivity index (χ4v) is 4.11. The Morgan fingerprint density at radius 2 is 1.33 bits per heavy atom. The van der Waals surface area contributed by atoms with E-state index in [4.69, 9.17) is 11.6 Å². The van der Waals surface area contributed by atoms with Crippen molar-refractivity contribution in [1.29, 1.82) is 0 Å². The normalized spacial score (nSPS) is 19.1. The summed E-state index contributed by atoms with van der Waals surface area (Å²) in [5.41, 5.74) is 3.84. The molecule has 1 aliphatic heterocycles. The lowest BCUT2D eigenvalue weighted by atomic mass is 9.89. The minimum atomic E-state index is 0.598. The van der Waals surface area contributed by atoms with Crippen LogP contribution in [0.3, 0.4) is 0 Å². The molecule has 0 unspecified atom stereocenters. The molecule has 0 saturated carbocycles. The number of nitrogens with one attached hydrogen (secondary N) is 1. The molecular weight excluding hydrogens is 352 g/mol. The number of nitrogens with zero attached hydrogens (tertiary/aromatic N) is 1. The Morgan fingerprint density at radius 1 is 0.741 bits per heavy atom. The monoisotopic (exact) mass is 376 g/mol. The SMILES string of the molecule is Clc1ccc(N(C[C@H]2CNC[C@@H]2Cc2ccccc2)c2ccccc2)cc1. The van der Waals surface area contributed by atoms with Gasteiger partial charge in [0.25, 0.3) is 0 Å². The molecule has 1 saturated heterocycles. The highest BCUT2D eigenvalue weighted by Gasteiger charge is 2.29. The third kappa shape index (κ3) is 4.52. The van der Waals surface area contributed by atoms with Gasteiger partial charge in [-0.15, -0.1) is 0 Å². The van der Waals surface area contributed by atoms with Crippen LogP contribution in [0.2, 0.25) is 5.02 Å². The summed E-state index contributed by atoms with van der Waals surface area (Å²) in [6.45, 7) is 3.15. The van der Waals surface area contributed by atoms with E-state index >= 15 is 0 Å². The highest BCUT2D eigenvalue weighted by molar-refractivity contribution is 6.30. The molecule has 1 N–H and O–H groups in total. The first-order chi connectivity index (χ1) is 13.3. The van der Waals surface area contributed by atoms with E-state index in [1.54, 1.807) is 0 Å². The third-order valence-corrected chi connectivity index (χ3v) is 5.70. The van der Waals surface area contributed by atoms with Crippen LogP contribution in [0.1, 0.15) is 5.56 Å². The van der Waals surface area contributed by atoms with Crippen LogP contribution in [0.15, 0.2) is 84.9 Å². The van der Waals surface area contributed by atoms with E-state index in [-0.39, 0.29) is 0 Å². The lowest BCUT2D eigenvalue weighted by Crippen LogP contribution is -2.30. The zero-order valence-corrected chi connectivity index (χ0v) is 16.1. The van der Waals surface area contributed by atoms with Crippen LogP contribution in [-0.2, 0) is 6.42 Å². The van der Waals surface area contributed by atoms with E-state index in [0.29, 0.717) is 11.8 Å². The van der Waals surface area contributed by atoms with Gasteiger partial charge in [-0.1, -0.05) is 60.1 Å². The average Bonchev–Trinajstić information content (AvgIpc) is 3.15. The van der Waals surface area contributed by atoms with Crippen molar-refractivity contribution >= 4 is 23.0 Å². The van der Waals surface area contributed by atoms with Gasteiger partial charge in [0.2, 0.25) is 0 Å². The van der Waals surface area contributed by atoms with Crippen molar-refractivity contribution < 1.29 is 0 Å². The van der Waals surface area contributed by atoms with Crippen LogP contribution in [0.5, 0.6) is 0 Å². The Labute approximate surface area is 166 Å². The van der Waals surface area contributed by atoms with Crippen molar-refractivity contribution in [2.75, 3.05) is 24.5 Å². The van der Waals surface area contributed by atoms with Crippen LogP contribution in [0, 0.1) is 11.8 Å². The summed E-state index contributed by atoms with van der Waals surface area (Å²) in [5, 5.41) is 4.39. The summed E-state index contributed by atoms with van der Waals surface area (Å²) in [6, 6.07) is 29.7. The van der Waals surface area contributed by atoms with Gasteiger partial charge in [0.1, 0.15) is 0 Å². The molecular formula is C24H25ClN2. The second-order valence-corrected chi connectivity index (χ2v) is 7.73. The highest BCUT2D eigenvalue weighted by Crippen LogP contribution is 2.31. The molecule has 0 aliphatic carbocycles. The Hall–Kier alpha value is -2.29. The molecule has 138 valence electrons. The molecule has 0 radical (unpaired) electrons. The molecule has 0 amide bonds. The van der Waals surface area contributed by atoms with Crippen molar-refractivity contribution in [1.82, 2.24) is 5.32 Å². The van der Waals surface area contributed by atoms with Crippen LogP contribution in [-0.4, -0.2) is 19.6 Å². The summed E-state index contributed by atoms with van der Waals surface area (Å²) in [4.78, 5) is 2.42. The maximum absolute atomic E-state index is 6.12. The minimum absolute atomic E-state index is 0.598. The second-order valence-electron chi connectivity index (χ2n) is 7.29. The van der Waals surface area contributed by atoms with Crippen LogP contribution >= 0.6 is 11.6 Å². The third-order valence-electron chi connectivity index (χ3n) is 5.44. The Morgan fingerprint density at radius 3 is 2.04 bits per heavy atom. The Balaban J connectivity index is 1.56. The van der Waals surface area contributed by atoms with E-state index in [0.717, 1.165) is 31.1 Å². The van der Waals surface area contributed by atoms with Crippen LogP contribution < -0.4 is 10.2 Å². The quantitative estimate of drug-likeness (QED) is 0.606. The van der Waals surface area contributed by atoms with Crippen LogP contribution in [0.4, 0.5) is 11.4 Å². The Kier molecular flexibility index (Phi) is 5.76. The predicted molar refractivity (Wildman–Crippen MR) is 115 cm³/mol. The first-order valence-electron chi connectivity index (χ1n) is 9.62. The smallest absolute Gasteiger partial charge is 0.0411 e. The molecule has 27 heavy (non-hydrogen) atoms. The largest absolute Gasteiger partial charge is 0.341 e. The molecule has 0 spiro atoms. The number of hydrogen-bond acceptors (Lipinski definition) is 2. The maximum Gasteiger partial charge on any atom is 0.0411 e. The van der Waals surface area contributed by atoms with Crippen molar-refractivity contribution in [3.63, 3.8) is 0 Å². The van der Waals surface area contributed by atoms with E-state index in [1.165, 1.54) is 16.9 Å². The number of halogens is 1. The lowest BCUT2D eigenvalue weighted by Gasteiger charge is -2.30. The maximum atomic E-state index is 6.12. The molecule has 1 heterocycles. The zero-order chi connectivity index (χ0) is 18.5. The van der Waals surface area contributed by atoms with Gasteiger partial charge >= 0.3 is 0 Å². The van der Waals surface area contributed by atoms with Crippen LogP contribution in [0.25, 0.3) is 0 Å². The van der Waals surface area contributed by atoms with Crippen molar-refractivity contribution in [2.24, 2.45) is 11.8 Å². The molecule has 3 aromatic carbocycles. The van der Waals surface area contributed by atoms with E-state index in [9.17, 15) is 0 Å². The van der Waals surface area contributed by atoms with E-state index in [1.807, 2.05) is 12.1 Å². The molecule has 2 nitrogen and oxygen atoms in total. The van der Waals surface area contributed by atoms with Gasteiger partial charge in [0, 0.05) is 22.9 Å². The zero-order valence-electron chi connectivity index (χ0n) is 15.4. The predicted octanol–water partition coefficient (Wildman–Crippen LogP) is 5.56. The average molecular weight is 377 g/mol. The van der Waals surface area contributed by atoms with Gasteiger partial charge in [-0.05, 0) is 73.3 Å². The molecule has 0 bridgehead atoms. The van der Waals surface area contributed by atoms with Gasteiger partial charge in [0.05, 0.1) is 0 Å². The highest BCUT2D eigenvalue weighted by atomic mass is 35.5. The Bertz CT molecular complexity index is 833. The van der Waals surface area contributed by atoms with Crippen molar-refractivity contribution in [3.05, 3.63) is 95.5 Å². The fourth-order valence-electron chi connectivity index (χ4n) is 3.98. The first kappa shape index (κ1) is 18.1. The molecule has 3 aromatic rings. The number of anilines is 2. The van der Waals surface area contributed by atoms with Crippen molar-refractivity contribution in [2.45, 2.75) is 6.42 Å². The number of benzene rings is 3. The second kappa shape index (κ2) is 8.60. The summed E-state index contributed by atoms with van der Waals surface area (Å²) in [7, 11) is 0. The van der Waals surface area contributed by atoms with E-state index < -0.39 is 0 Å². The van der Waals surface area contributed by atoms with E-state index in [2.05, 4.69) is 83.0 Å². The molecule has 3 heteroatoms. The number of para-hydroxylation sites is 1. The standard InChI is InChI=1S/C24H25ClN2/c25-22-11-13-24(14-12-22)27(23-9-5-2-6-10-23)18-21-17-26-16-20(21)15-19-7-3-1-4-8-19/h1-14,20-21,26H,15-18H2/t20-,21+/m0/s1. The lowest BCUT2D eigenvalue weighted by molar-refractivity contribution is 0.423. The topological polar surface area (TPSA) is 15.3 Å². The molecule has 4 rings (SSSR count).